The Balaban J connectivity index is 2.04. The number of hydrogen-bond acceptors (Lipinski definition) is 5. The fraction of sp³-hybridized carbons (Fsp3) is 0.576. The first-order valence-electron chi connectivity index (χ1n) is 14.3. The standard InChI is InChI=1S/C33H48O5/c1-6-7-8-9-10-11-12-13-14-15-24-38-29(25-16-20-27(21-17-25)30(34)32(2,3)36)26-18-22-28(23-19-26)31(35)33(4,5)37/h16-23,29,36-37H,6-15,24H2,1-5H3. The van der Waals surface area contributed by atoms with E-state index in [0.29, 0.717) is 17.7 Å². The van der Waals surface area contributed by atoms with Crippen molar-refractivity contribution in [3.63, 3.8) is 0 Å². The van der Waals surface area contributed by atoms with E-state index >= 15 is 0 Å². The normalized spacial score (nSPS) is 12.2. The predicted molar refractivity (Wildman–Crippen MR) is 154 cm³/mol. The largest absolute Gasteiger partial charge is 0.382 e. The van der Waals surface area contributed by atoms with Crippen LogP contribution in [-0.2, 0) is 4.74 Å². The highest BCUT2D eigenvalue weighted by Crippen LogP contribution is 2.28. The molecule has 0 fully saturated rings. The minimum Gasteiger partial charge on any atom is -0.382 e. The molecule has 2 aromatic rings. The van der Waals surface area contributed by atoms with Crippen molar-refractivity contribution < 1.29 is 24.5 Å². The molecule has 0 amide bonds. The Bertz CT molecular complexity index is 909. The first kappa shape index (κ1) is 31.9. The Morgan fingerprint density at radius 1 is 0.632 bits per heavy atom. The number of aliphatic hydroxyl groups is 2. The van der Waals surface area contributed by atoms with Crippen LogP contribution >= 0.6 is 0 Å². The molecule has 0 spiro atoms. The zero-order chi connectivity index (χ0) is 28.2. The van der Waals surface area contributed by atoms with Crippen LogP contribution in [0.25, 0.3) is 0 Å². The molecule has 210 valence electrons. The van der Waals surface area contributed by atoms with Crippen molar-refractivity contribution >= 4 is 11.6 Å². The summed E-state index contributed by atoms with van der Waals surface area (Å²) in [7, 11) is 0. The summed E-state index contributed by atoms with van der Waals surface area (Å²) in [6, 6.07) is 14.3. The van der Waals surface area contributed by atoms with Crippen LogP contribution in [0, 0.1) is 0 Å². The van der Waals surface area contributed by atoms with E-state index < -0.39 is 11.2 Å². The molecular formula is C33H48O5. The Labute approximate surface area is 229 Å². The van der Waals surface area contributed by atoms with Gasteiger partial charge in [-0.05, 0) is 45.2 Å². The van der Waals surface area contributed by atoms with Gasteiger partial charge >= 0.3 is 0 Å². The van der Waals surface area contributed by atoms with E-state index in [9.17, 15) is 19.8 Å². The summed E-state index contributed by atoms with van der Waals surface area (Å²) in [6.07, 6.45) is 12.2. The van der Waals surface area contributed by atoms with Gasteiger partial charge in [-0.1, -0.05) is 113 Å². The third kappa shape index (κ3) is 10.4. The highest BCUT2D eigenvalue weighted by Gasteiger charge is 2.27. The van der Waals surface area contributed by atoms with Crippen molar-refractivity contribution in [1.82, 2.24) is 0 Å². The van der Waals surface area contributed by atoms with Crippen LogP contribution in [0.15, 0.2) is 48.5 Å². The molecular weight excluding hydrogens is 476 g/mol. The zero-order valence-electron chi connectivity index (χ0n) is 24.1. The fourth-order valence-electron chi connectivity index (χ4n) is 4.50. The molecule has 0 radical (unpaired) electrons. The number of carbonyl (C=O) groups is 2. The predicted octanol–water partition coefficient (Wildman–Crippen LogP) is 7.62. The molecule has 0 aliphatic rings. The molecule has 5 nitrogen and oxygen atoms in total. The second kappa shape index (κ2) is 15.3. The quantitative estimate of drug-likeness (QED) is 0.155. The van der Waals surface area contributed by atoms with Gasteiger partial charge in [-0.15, -0.1) is 0 Å². The van der Waals surface area contributed by atoms with Gasteiger partial charge in [0.05, 0.1) is 0 Å². The molecule has 0 aromatic heterocycles. The molecule has 0 atom stereocenters. The lowest BCUT2D eigenvalue weighted by Gasteiger charge is -2.21. The Kier molecular flexibility index (Phi) is 12.8. The number of carbonyl (C=O) groups excluding carboxylic acids is 2. The number of ketones is 2. The van der Waals surface area contributed by atoms with E-state index in [1.807, 2.05) is 24.3 Å². The smallest absolute Gasteiger partial charge is 0.193 e. The van der Waals surface area contributed by atoms with Crippen molar-refractivity contribution in [3.8, 4) is 0 Å². The van der Waals surface area contributed by atoms with Crippen LogP contribution < -0.4 is 0 Å². The summed E-state index contributed by atoms with van der Waals surface area (Å²) in [5.41, 5.74) is -0.190. The lowest BCUT2D eigenvalue weighted by molar-refractivity contribution is 0.0487. The molecule has 0 saturated heterocycles. The Morgan fingerprint density at radius 2 is 0.974 bits per heavy atom. The molecule has 2 aromatic carbocycles. The van der Waals surface area contributed by atoms with Gasteiger partial charge in [0, 0.05) is 17.7 Å². The summed E-state index contributed by atoms with van der Waals surface area (Å²) in [6.45, 7) is 8.79. The average molecular weight is 525 g/mol. The number of benzene rings is 2. The molecule has 0 aliphatic heterocycles. The Hall–Kier alpha value is -2.34. The van der Waals surface area contributed by atoms with Crippen LogP contribution in [0.5, 0.6) is 0 Å². The van der Waals surface area contributed by atoms with Crippen molar-refractivity contribution in [1.29, 1.82) is 0 Å². The maximum atomic E-state index is 12.5. The minimum atomic E-state index is -1.43. The summed E-state index contributed by atoms with van der Waals surface area (Å²) in [5.74, 6) is -0.664. The summed E-state index contributed by atoms with van der Waals surface area (Å²) >= 11 is 0. The monoisotopic (exact) mass is 524 g/mol. The van der Waals surface area contributed by atoms with Crippen molar-refractivity contribution in [2.24, 2.45) is 0 Å². The molecule has 5 heteroatoms. The summed E-state index contributed by atoms with van der Waals surface area (Å²) in [4.78, 5) is 24.9. The number of hydrogen-bond donors (Lipinski definition) is 2. The molecule has 0 heterocycles. The van der Waals surface area contributed by atoms with E-state index in [-0.39, 0.29) is 17.7 Å². The summed E-state index contributed by atoms with van der Waals surface area (Å²) < 4.78 is 6.35. The molecule has 38 heavy (non-hydrogen) atoms. The van der Waals surface area contributed by atoms with Crippen LogP contribution in [-0.4, -0.2) is 39.6 Å². The van der Waals surface area contributed by atoms with Gasteiger partial charge in [0.25, 0.3) is 0 Å². The van der Waals surface area contributed by atoms with Gasteiger partial charge in [-0.2, -0.15) is 0 Å². The second-order valence-corrected chi connectivity index (χ2v) is 11.5. The molecule has 0 aliphatic carbocycles. The van der Waals surface area contributed by atoms with Crippen LogP contribution in [0.1, 0.15) is 137 Å². The topological polar surface area (TPSA) is 83.8 Å². The highest BCUT2D eigenvalue weighted by molar-refractivity contribution is 6.02. The second-order valence-electron chi connectivity index (χ2n) is 11.5. The van der Waals surface area contributed by atoms with Gasteiger partial charge in [-0.3, -0.25) is 9.59 Å². The zero-order valence-corrected chi connectivity index (χ0v) is 24.1. The van der Waals surface area contributed by atoms with Gasteiger partial charge in [0.15, 0.2) is 11.6 Å². The van der Waals surface area contributed by atoms with E-state index in [4.69, 9.17) is 4.74 Å². The third-order valence-electron chi connectivity index (χ3n) is 6.84. The van der Waals surface area contributed by atoms with Gasteiger partial charge < -0.3 is 14.9 Å². The van der Waals surface area contributed by atoms with Crippen LogP contribution in [0.2, 0.25) is 0 Å². The number of Topliss-reactive ketones (excluding diaryl/α,β-unsaturated/α-hetero) is 2. The average Bonchev–Trinajstić information content (AvgIpc) is 2.88. The minimum absolute atomic E-state index is 0.332. The van der Waals surface area contributed by atoms with Gasteiger partial charge in [-0.25, -0.2) is 0 Å². The van der Waals surface area contributed by atoms with Crippen molar-refractivity contribution in [3.05, 3.63) is 70.8 Å². The molecule has 0 unspecified atom stereocenters. The van der Waals surface area contributed by atoms with Crippen molar-refractivity contribution in [2.75, 3.05) is 6.61 Å². The van der Waals surface area contributed by atoms with Crippen LogP contribution in [0.4, 0.5) is 0 Å². The highest BCUT2D eigenvalue weighted by atomic mass is 16.5. The lowest BCUT2D eigenvalue weighted by Crippen LogP contribution is -2.31. The van der Waals surface area contributed by atoms with Crippen LogP contribution in [0.3, 0.4) is 0 Å². The fourth-order valence-corrected chi connectivity index (χ4v) is 4.50. The van der Waals surface area contributed by atoms with Gasteiger partial charge in [0.2, 0.25) is 0 Å². The molecule has 0 saturated carbocycles. The number of rotatable bonds is 18. The van der Waals surface area contributed by atoms with Gasteiger partial charge in [0.1, 0.15) is 17.3 Å². The summed E-state index contributed by atoms with van der Waals surface area (Å²) in [5, 5.41) is 20.1. The lowest BCUT2D eigenvalue weighted by atomic mass is 9.92. The molecule has 0 bridgehead atoms. The van der Waals surface area contributed by atoms with E-state index in [0.717, 1.165) is 24.0 Å². The first-order valence-corrected chi connectivity index (χ1v) is 14.3. The first-order chi connectivity index (χ1) is 17.9. The number of ether oxygens (including phenoxy) is 1. The van der Waals surface area contributed by atoms with E-state index in [1.54, 1.807) is 24.3 Å². The van der Waals surface area contributed by atoms with E-state index in [2.05, 4.69) is 6.92 Å². The van der Waals surface area contributed by atoms with Crippen molar-refractivity contribution in [2.45, 2.75) is 116 Å². The maximum absolute atomic E-state index is 12.5. The number of unbranched alkanes of at least 4 members (excludes halogenated alkanes) is 9. The SMILES string of the molecule is CCCCCCCCCCCCOC(c1ccc(C(=O)C(C)(C)O)cc1)c1ccc(C(=O)C(C)(C)O)cc1. The third-order valence-corrected chi connectivity index (χ3v) is 6.84. The maximum Gasteiger partial charge on any atom is 0.193 e. The Morgan fingerprint density at radius 3 is 1.32 bits per heavy atom. The molecule has 2 N–H and O–H groups in total. The molecule has 2 rings (SSSR count). The van der Waals surface area contributed by atoms with E-state index in [1.165, 1.54) is 79.1 Å².